The lowest BCUT2D eigenvalue weighted by atomic mass is 10.1. The summed E-state index contributed by atoms with van der Waals surface area (Å²) in [7, 11) is 0. The number of rotatable bonds is 0. The lowest BCUT2D eigenvalue weighted by molar-refractivity contribution is 0.104. The quantitative estimate of drug-likeness (QED) is 0.539. The monoisotopic (exact) mass is 282 g/mol. The zero-order valence-corrected chi connectivity index (χ0v) is 10.7. The highest BCUT2D eigenvalue weighted by Gasteiger charge is 2.30. The topological polar surface area (TPSA) is 17.1 Å². The van der Waals surface area contributed by atoms with Gasteiger partial charge < -0.3 is 0 Å². The number of benzene rings is 2. The van der Waals surface area contributed by atoms with Crippen molar-refractivity contribution in [3.05, 3.63) is 56.5 Å². The van der Waals surface area contributed by atoms with Crippen LogP contribution in [0.1, 0.15) is 15.9 Å². The molecule has 0 atom stereocenters. The van der Waals surface area contributed by atoms with Gasteiger partial charge in [-0.25, -0.2) is 0 Å². The van der Waals surface area contributed by atoms with Crippen molar-refractivity contribution in [3.63, 3.8) is 0 Å². The zero-order chi connectivity index (χ0) is 12.2. The van der Waals surface area contributed by atoms with Gasteiger partial charge in [-0.3, -0.25) is 4.79 Å². The van der Waals surface area contributed by atoms with Crippen molar-refractivity contribution < 1.29 is 4.79 Å². The predicted octanol–water partition coefficient (Wildman–Crippen LogP) is 4.86. The van der Waals surface area contributed by atoms with Crippen LogP contribution in [-0.4, -0.2) is 5.78 Å². The third-order valence-electron chi connectivity index (χ3n) is 2.85. The lowest BCUT2D eigenvalue weighted by Crippen LogP contribution is -1.96. The average molecular weight is 284 g/mol. The maximum Gasteiger partial charge on any atom is 0.195 e. The summed E-state index contributed by atoms with van der Waals surface area (Å²) < 4.78 is 0. The number of ketones is 1. The van der Waals surface area contributed by atoms with E-state index in [-0.39, 0.29) is 15.8 Å². The van der Waals surface area contributed by atoms with Gasteiger partial charge in [0.15, 0.2) is 5.78 Å². The highest BCUT2D eigenvalue weighted by Crippen LogP contribution is 2.45. The fourth-order valence-electron chi connectivity index (χ4n) is 2.08. The Balaban J connectivity index is 2.44. The van der Waals surface area contributed by atoms with Crippen LogP contribution in [0, 0.1) is 0 Å². The molecule has 0 saturated carbocycles. The van der Waals surface area contributed by atoms with E-state index >= 15 is 0 Å². The molecule has 0 spiro atoms. The van der Waals surface area contributed by atoms with Gasteiger partial charge in [0.1, 0.15) is 0 Å². The molecule has 17 heavy (non-hydrogen) atoms. The maximum absolute atomic E-state index is 12.2. The Kier molecular flexibility index (Phi) is 2.44. The van der Waals surface area contributed by atoms with Crippen molar-refractivity contribution in [1.29, 1.82) is 0 Å². The number of fused-ring (bicyclic) bond motifs is 3. The number of hydrogen-bond donors (Lipinski definition) is 0. The molecule has 0 unspecified atom stereocenters. The van der Waals surface area contributed by atoms with Crippen molar-refractivity contribution in [2.45, 2.75) is 0 Å². The standard InChI is InChI=1S/C13H5Cl3O/c14-9-5-8-6-3-1-2-4-7(6)13(17)10(8)12(16)11(9)15/h1-5H. The van der Waals surface area contributed by atoms with Gasteiger partial charge in [-0.05, 0) is 17.2 Å². The normalized spacial score (nSPS) is 12.5. The molecule has 2 aromatic carbocycles. The third kappa shape index (κ3) is 1.43. The van der Waals surface area contributed by atoms with Crippen molar-refractivity contribution >= 4 is 40.6 Å². The largest absolute Gasteiger partial charge is 0.289 e. The molecule has 2 aromatic rings. The second-order valence-electron chi connectivity index (χ2n) is 3.78. The summed E-state index contributed by atoms with van der Waals surface area (Å²) in [4.78, 5) is 12.2. The molecule has 0 heterocycles. The molecule has 3 rings (SSSR count). The van der Waals surface area contributed by atoms with Gasteiger partial charge in [-0.15, -0.1) is 0 Å². The first-order chi connectivity index (χ1) is 8.11. The number of carbonyl (C=O) groups excluding carboxylic acids is 1. The minimum absolute atomic E-state index is 0.0980. The van der Waals surface area contributed by atoms with Gasteiger partial charge in [0.05, 0.1) is 20.6 Å². The van der Waals surface area contributed by atoms with Gasteiger partial charge in [0, 0.05) is 5.56 Å². The smallest absolute Gasteiger partial charge is 0.195 e. The molecule has 0 aliphatic heterocycles. The Morgan fingerprint density at radius 2 is 1.47 bits per heavy atom. The van der Waals surface area contributed by atoms with Crippen LogP contribution in [0.4, 0.5) is 0 Å². The Bertz CT molecular complexity index is 662. The summed E-state index contributed by atoms with van der Waals surface area (Å²) in [6, 6.07) is 9.03. The molecule has 0 amide bonds. The van der Waals surface area contributed by atoms with Crippen LogP contribution in [0.3, 0.4) is 0 Å². The summed E-state index contributed by atoms with van der Waals surface area (Å²) in [5.74, 6) is -0.0980. The van der Waals surface area contributed by atoms with Gasteiger partial charge in [0.2, 0.25) is 0 Å². The van der Waals surface area contributed by atoms with Crippen molar-refractivity contribution in [3.8, 4) is 11.1 Å². The molecule has 0 saturated heterocycles. The molecule has 4 heteroatoms. The second-order valence-corrected chi connectivity index (χ2v) is 4.95. The van der Waals surface area contributed by atoms with E-state index in [0.717, 1.165) is 11.1 Å². The molecule has 84 valence electrons. The molecule has 0 aromatic heterocycles. The first kappa shape index (κ1) is 11.1. The van der Waals surface area contributed by atoms with E-state index in [0.29, 0.717) is 16.1 Å². The van der Waals surface area contributed by atoms with Gasteiger partial charge in [0.25, 0.3) is 0 Å². The fourth-order valence-corrected chi connectivity index (χ4v) is 2.77. The van der Waals surface area contributed by atoms with Crippen molar-refractivity contribution in [2.75, 3.05) is 0 Å². The van der Waals surface area contributed by atoms with E-state index in [1.807, 2.05) is 18.2 Å². The minimum Gasteiger partial charge on any atom is -0.289 e. The van der Waals surface area contributed by atoms with E-state index in [1.54, 1.807) is 12.1 Å². The van der Waals surface area contributed by atoms with Crippen LogP contribution < -0.4 is 0 Å². The van der Waals surface area contributed by atoms with Crippen LogP contribution in [0.2, 0.25) is 15.1 Å². The lowest BCUT2D eigenvalue weighted by Gasteiger charge is -2.05. The molecular formula is C13H5Cl3O. The van der Waals surface area contributed by atoms with Crippen LogP contribution in [0.25, 0.3) is 11.1 Å². The van der Waals surface area contributed by atoms with E-state index < -0.39 is 0 Å². The van der Waals surface area contributed by atoms with Gasteiger partial charge >= 0.3 is 0 Å². The summed E-state index contributed by atoms with van der Waals surface area (Å²) in [5.41, 5.74) is 2.70. The minimum atomic E-state index is -0.0980. The number of hydrogen-bond acceptors (Lipinski definition) is 1. The van der Waals surface area contributed by atoms with Crippen LogP contribution in [-0.2, 0) is 0 Å². The third-order valence-corrected chi connectivity index (χ3v) is 4.11. The molecule has 0 fully saturated rings. The molecule has 1 aliphatic rings. The second kappa shape index (κ2) is 3.74. The molecular weight excluding hydrogens is 279 g/mol. The molecule has 0 N–H and O–H groups in total. The van der Waals surface area contributed by atoms with E-state index in [4.69, 9.17) is 34.8 Å². The Labute approximate surface area is 113 Å². The SMILES string of the molecule is O=C1c2ccccc2-c2cc(Cl)c(Cl)c(Cl)c21. The summed E-state index contributed by atoms with van der Waals surface area (Å²) in [5, 5.41) is 0.823. The highest BCUT2D eigenvalue weighted by atomic mass is 35.5. The summed E-state index contributed by atoms with van der Waals surface area (Å²) in [6.45, 7) is 0. The van der Waals surface area contributed by atoms with Gasteiger partial charge in [-0.2, -0.15) is 0 Å². The summed E-state index contributed by atoms with van der Waals surface area (Å²) in [6.07, 6.45) is 0. The fraction of sp³-hybridized carbons (Fsp3) is 0. The first-order valence-corrected chi connectivity index (χ1v) is 6.06. The molecule has 1 nitrogen and oxygen atoms in total. The Hall–Kier alpha value is -1.02. The van der Waals surface area contributed by atoms with E-state index in [1.165, 1.54) is 0 Å². The van der Waals surface area contributed by atoms with Gasteiger partial charge in [-0.1, -0.05) is 59.1 Å². The zero-order valence-electron chi connectivity index (χ0n) is 8.43. The molecule has 0 radical (unpaired) electrons. The average Bonchev–Trinajstić information content (AvgIpc) is 2.61. The predicted molar refractivity (Wildman–Crippen MR) is 70.3 cm³/mol. The number of carbonyl (C=O) groups is 1. The highest BCUT2D eigenvalue weighted by molar-refractivity contribution is 6.50. The van der Waals surface area contributed by atoms with Crippen molar-refractivity contribution in [1.82, 2.24) is 0 Å². The van der Waals surface area contributed by atoms with E-state index in [2.05, 4.69) is 0 Å². The van der Waals surface area contributed by atoms with Crippen molar-refractivity contribution in [2.24, 2.45) is 0 Å². The molecule has 1 aliphatic carbocycles. The Morgan fingerprint density at radius 3 is 2.18 bits per heavy atom. The van der Waals surface area contributed by atoms with Crippen LogP contribution in [0.15, 0.2) is 30.3 Å². The summed E-state index contributed by atoms with van der Waals surface area (Å²) >= 11 is 18.0. The van der Waals surface area contributed by atoms with Crippen LogP contribution >= 0.6 is 34.8 Å². The van der Waals surface area contributed by atoms with Crippen LogP contribution in [0.5, 0.6) is 0 Å². The molecule has 0 bridgehead atoms. The van der Waals surface area contributed by atoms with E-state index in [9.17, 15) is 4.79 Å². The number of halogens is 3. The first-order valence-electron chi connectivity index (χ1n) is 4.93. The Morgan fingerprint density at radius 1 is 0.824 bits per heavy atom. The maximum atomic E-state index is 12.2.